The maximum Gasteiger partial charge on any atom is 0.303 e. The van der Waals surface area contributed by atoms with Crippen LogP contribution in [0, 0.1) is 11.8 Å². The fraction of sp³-hybridized carbons (Fsp3) is 0.705. The lowest BCUT2D eigenvalue weighted by Crippen LogP contribution is -2.57. The molecule has 0 radical (unpaired) electrons. The molecule has 0 aromatic rings. The lowest BCUT2D eigenvalue weighted by molar-refractivity contribution is -0.196. The number of esters is 1. The van der Waals surface area contributed by atoms with Crippen LogP contribution in [0.25, 0.3) is 0 Å². The second-order valence-electron chi connectivity index (χ2n) is 17.2. The Morgan fingerprint density at radius 3 is 2.25 bits per heavy atom. The van der Waals surface area contributed by atoms with Gasteiger partial charge in [-0.05, 0) is 78.2 Å². The quantitative estimate of drug-likeness (QED) is 0.0194. The number of nitrogens with one attached hydrogen (secondary N) is 6. The Balaban J connectivity index is 1.85. The van der Waals surface area contributed by atoms with Crippen molar-refractivity contribution in [2.24, 2.45) is 11.8 Å². The number of hydrogen-bond donors (Lipinski definition) is 8. The summed E-state index contributed by atoms with van der Waals surface area (Å²) in [4.78, 5) is 86.2. The van der Waals surface area contributed by atoms with Crippen molar-refractivity contribution >= 4 is 57.3 Å². The molecule has 8 N–H and O–H groups in total. The van der Waals surface area contributed by atoms with Crippen molar-refractivity contribution in [3.8, 4) is 0 Å². The zero-order chi connectivity index (χ0) is 47.4. The van der Waals surface area contributed by atoms with E-state index >= 15 is 0 Å². The van der Waals surface area contributed by atoms with Gasteiger partial charge in [-0.1, -0.05) is 66.9 Å². The first-order valence-electron chi connectivity index (χ1n) is 21.8. The number of amides is 6. The van der Waals surface area contributed by atoms with Crippen molar-refractivity contribution in [3.05, 3.63) is 36.0 Å². The van der Waals surface area contributed by atoms with Crippen LogP contribution in [0.5, 0.6) is 0 Å². The smallest absolute Gasteiger partial charge is 0.303 e. The Morgan fingerprint density at radius 2 is 1.60 bits per heavy atom. The summed E-state index contributed by atoms with van der Waals surface area (Å²) in [6.45, 7) is 15.7. The highest BCUT2D eigenvalue weighted by molar-refractivity contribution is 9.09. The first kappa shape index (κ1) is 55.0. The van der Waals surface area contributed by atoms with E-state index in [9.17, 15) is 43.8 Å². The first-order valence-corrected chi connectivity index (χ1v) is 22.9. The molecule has 356 valence electrons. The molecule has 2 rings (SSSR count). The molecule has 0 aromatic carbocycles. The Bertz CT molecular complexity index is 1650. The predicted molar refractivity (Wildman–Crippen MR) is 238 cm³/mol. The van der Waals surface area contributed by atoms with Gasteiger partial charge in [-0.15, -0.1) is 0 Å². The average Bonchev–Trinajstić information content (AvgIpc) is 3.20. The van der Waals surface area contributed by atoms with E-state index in [1.807, 2.05) is 19.9 Å². The third kappa shape index (κ3) is 20.5. The minimum Gasteiger partial charge on any atom is -0.459 e. The van der Waals surface area contributed by atoms with Gasteiger partial charge in [0.1, 0.15) is 30.4 Å². The van der Waals surface area contributed by atoms with Gasteiger partial charge >= 0.3 is 5.97 Å². The van der Waals surface area contributed by atoms with E-state index < -0.39 is 65.8 Å². The summed E-state index contributed by atoms with van der Waals surface area (Å²) < 4.78 is 17.3. The molecule has 6 amide bonds. The number of carbonyl (C=O) groups excluding carboxylic acids is 7. The van der Waals surface area contributed by atoms with Gasteiger partial charge in [-0.2, -0.15) is 0 Å². The molecule has 0 unspecified atom stereocenters. The number of hydrogen-bond acceptors (Lipinski definition) is 12. The van der Waals surface area contributed by atoms with Crippen molar-refractivity contribution in [2.45, 2.75) is 174 Å². The van der Waals surface area contributed by atoms with Gasteiger partial charge in [-0.25, -0.2) is 0 Å². The second-order valence-corrected chi connectivity index (χ2v) is 17.8. The van der Waals surface area contributed by atoms with Crippen molar-refractivity contribution in [1.29, 1.82) is 0 Å². The topological polar surface area (TPSA) is 260 Å². The second kappa shape index (κ2) is 27.2. The number of allylic oxidation sites excluding steroid dienone is 2. The van der Waals surface area contributed by atoms with Crippen LogP contribution in [0.4, 0.5) is 0 Å². The lowest BCUT2D eigenvalue weighted by atomic mass is 9.84. The van der Waals surface area contributed by atoms with Crippen LogP contribution < -0.4 is 32.1 Å². The molecule has 11 atom stereocenters. The summed E-state index contributed by atoms with van der Waals surface area (Å²) in [5.74, 6) is -3.21. The fourth-order valence-electron chi connectivity index (χ4n) is 7.14. The number of halogens is 1. The van der Waals surface area contributed by atoms with E-state index in [0.717, 1.165) is 5.57 Å². The van der Waals surface area contributed by atoms with Crippen LogP contribution in [-0.4, -0.2) is 124 Å². The van der Waals surface area contributed by atoms with Gasteiger partial charge in [0, 0.05) is 32.4 Å². The van der Waals surface area contributed by atoms with Crippen molar-refractivity contribution in [2.75, 3.05) is 11.9 Å². The number of alkyl halides is 1. The van der Waals surface area contributed by atoms with E-state index in [-0.39, 0.29) is 72.4 Å². The summed E-state index contributed by atoms with van der Waals surface area (Å²) in [6.07, 6.45) is 7.48. The van der Waals surface area contributed by atoms with Crippen LogP contribution >= 0.6 is 15.9 Å². The van der Waals surface area contributed by atoms with Crippen molar-refractivity contribution in [3.63, 3.8) is 0 Å². The minimum atomic E-state index is -1.59. The number of carbonyl (C=O) groups is 7. The molecular weight excluding hydrogens is 884 g/mol. The van der Waals surface area contributed by atoms with Crippen LogP contribution in [0.2, 0.25) is 0 Å². The van der Waals surface area contributed by atoms with Gasteiger partial charge in [-0.3, -0.25) is 44.4 Å². The van der Waals surface area contributed by atoms with Crippen LogP contribution in [-0.2, 0) is 47.8 Å². The zero-order valence-electron chi connectivity index (χ0n) is 38.2. The number of ether oxygens (including phenoxy) is 3. The molecule has 63 heavy (non-hydrogen) atoms. The maximum absolute atomic E-state index is 13.0. The number of hydrazine groups is 1. The monoisotopic (exact) mass is 954 g/mol. The van der Waals surface area contributed by atoms with E-state index in [1.165, 1.54) is 32.9 Å². The molecule has 2 fully saturated rings. The molecule has 19 heteroatoms. The number of aliphatic hydroxyl groups is 2. The number of unbranched alkanes of at least 4 members (excludes halogenated alkanes) is 2. The van der Waals surface area contributed by atoms with Crippen molar-refractivity contribution in [1.82, 2.24) is 32.1 Å². The van der Waals surface area contributed by atoms with E-state index in [1.54, 1.807) is 32.9 Å². The molecule has 0 aliphatic carbocycles. The highest BCUT2D eigenvalue weighted by atomic mass is 79.9. The fourth-order valence-corrected chi connectivity index (χ4v) is 7.34. The molecule has 2 aliphatic rings. The largest absolute Gasteiger partial charge is 0.459 e. The maximum atomic E-state index is 13.0. The molecule has 18 nitrogen and oxygen atoms in total. The van der Waals surface area contributed by atoms with Gasteiger partial charge in [0.15, 0.2) is 0 Å². The van der Waals surface area contributed by atoms with Gasteiger partial charge in [0.2, 0.25) is 29.5 Å². The average molecular weight is 956 g/mol. The molecule has 0 saturated carbocycles. The SMILES string of the molecule is CC(=O)O[C@@H](C)/C=C\C(=O)N[C@@H]1C[C@H](C)[C@H](C/C=C(C)/C=C/[C@H]2O[C@H](CC(=O)NNC(=O)[C@H](C)NC(=O)[C@@H](NC(=O)CCCCCNC(=O)CBr)C(C)C)C[C@](C)(O)[C@@H]2O)O[C@@H]1C. The normalized spacial score (nSPS) is 26.6. The van der Waals surface area contributed by atoms with E-state index in [4.69, 9.17) is 14.2 Å². The predicted octanol–water partition coefficient (Wildman–Crippen LogP) is 2.21. The first-order chi connectivity index (χ1) is 29.5. The number of aliphatic hydroxyl groups excluding tert-OH is 1. The highest BCUT2D eigenvalue weighted by Gasteiger charge is 2.44. The number of rotatable bonds is 22. The summed E-state index contributed by atoms with van der Waals surface area (Å²) in [7, 11) is 0. The molecular formula is C44H71BrN6O12. The Kier molecular flexibility index (Phi) is 23.7. The molecule has 0 spiro atoms. The highest BCUT2D eigenvalue weighted by Crippen LogP contribution is 2.32. The third-order valence-corrected chi connectivity index (χ3v) is 11.4. The summed E-state index contributed by atoms with van der Waals surface area (Å²) in [5, 5.41) is 33.2. The van der Waals surface area contributed by atoms with E-state index in [2.05, 4.69) is 55.0 Å². The Labute approximate surface area is 380 Å². The van der Waals surface area contributed by atoms with Crippen LogP contribution in [0.1, 0.15) is 114 Å². The molecule has 2 aliphatic heterocycles. The Hall–Kier alpha value is -4.17. The molecule has 2 saturated heterocycles. The zero-order valence-corrected chi connectivity index (χ0v) is 39.7. The Morgan fingerprint density at radius 1 is 0.905 bits per heavy atom. The van der Waals surface area contributed by atoms with E-state index in [0.29, 0.717) is 38.6 Å². The summed E-state index contributed by atoms with van der Waals surface area (Å²) in [6, 6.07) is -2.17. The van der Waals surface area contributed by atoms with Crippen LogP contribution in [0.15, 0.2) is 36.0 Å². The minimum absolute atomic E-state index is 0.0562. The van der Waals surface area contributed by atoms with Gasteiger partial charge in [0.05, 0.1) is 41.7 Å². The van der Waals surface area contributed by atoms with Crippen molar-refractivity contribution < 1.29 is 58.0 Å². The molecule has 0 aromatic heterocycles. The van der Waals surface area contributed by atoms with Gasteiger partial charge < -0.3 is 45.7 Å². The lowest BCUT2D eigenvalue weighted by Gasteiger charge is -2.42. The summed E-state index contributed by atoms with van der Waals surface area (Å²) >= 11 is 3.08. The molecule has 2 heterocycles. The van der Waals surface area contributed by atoms with Gasteiger partial charge in [0.25, 0.3) is 5.91 Å². The third-order valence-electron chi connectivity index (χ3n) is 10.9. The van der Waals surface area contributed by atoms with Crippen LogP contribution in [0.3, 0.4) is 0 Å². The molecule has 0 bridgehead atoms. The standard InChI is InChI=1S/C44H71BrN6O12/c1-25(2)40(49-36(53)13-11-10-12-20-46-39(56)24-45)43(59)47-29(6)42(58)51-50-38(55)22-32-23-44(9,60)41(57)35(63-32)18-15-26(3)14-17-34-27(4)21-33(30(7)62-34)48-37(54)19-16-28(5)61-31(8)52/h14-16,18-19,25,27-30,32-35,40-41,57,60H,10-13,17,20-24H2,1-9H3,(H,46,56)(H,47,59)(H,48,54)(H,49,53)(H,50,55)(H,51,58)/b18-15+,19-16-,26-14+/t27-,28-,29-,30+,32+,33+,34-,35+,40-,41+,44-/m0/s1. The summed E-state index contributed by atoms with van der Waals surface area (Å²) in [5.41, 5.74) is 3.87.